The molecule has 2 aliphatic rings. The summed E-state index contributed by atoms with van der Waals surface area (Å²) in [6, 6.07) is 10.2. The fourth-order valence-corrected chi connectivity index (χ4v) is 3.51. The number of hydrogen-bond acceptors (Lipinski definition) is 4. The molecule has 5 heteroatoms. The predicted octanol–water partition coefficient (Wildman–Crippen LogP) is 1.92. The van der Waals surface area contributed by atoms with Gasteiger partial charge in [-0.15, -0.1) is 10.2 Å². The van der Waals surface area contributed by atoms with Crippen LogP contribution in [0.3, 0.4) is 0 Å². The standard InChI is InChI=1S/C16H20N4O/c1-2-4-13(5-3-1)20-11-18-19-16(20)10-17-9-12-8-14-6-7-15(12)21-14/h1-5,11-12,14-15,17H,6-10H2. The van der Waals surface area contributed by atoms with Gasteiger partial charge in [-0.05, 0) is 31.4 Å². The summed E-state index contributed by atoms with van der Waals surface area (Å²) in [5.74, 6) is 1.61. The lowest BCUT2D eigenvalue weighted by Gasteiger charge is -2.18. The van der Waals surface area contributed by atoms with Crippen molar-refractivity contribution in [2.75, 3.05) is 6.54 Å². The molecule has 0 saturated carbocycles. The van der Waals surface area contributed by atoms with Crippen molar-refractivity contribution in [3.8, 4) is 5.69 Å². The molecule has 0 amide bonds. The van der Waals surface area contributed by atoms with E-state index in [4.69, 9.17) is 4.74 Å². The van der Waals surface area contributed by atoms with E-state index in [1.807, 2.05) is 22.8 Å². The SMILES string of the molecule is c1ccc(-n2cnnc2CNCC2CC3CCC2O3)cc1. The van der Waals surface area contributed by atoms with E-state index in [9.17, 15) is 0 Å². The maximum atomic E-state index is 5.89. The second-order valence-corrected chi connectivity index (χ2v) is 5.95. The lowest BCUT2D eigenvalue weighted by Crippen LogP contribution is -2.29. The number of rotatable bonds is 5. The van der Waals surface area contributed by atoms with Crippen molar-refractivity contribution in [1.82, 2.24) is 20.1 Å². The average molecular weight is 284 g/mol. The molecule has 3 heterocycles. The van der Waals surface area contributed by atoms with Crippen molar-refractivity contribution in [2.24, 2.45) is 5.92 Å². The summed E-state index contributed by atoms with van der Waals surface area (Å²) in [7, 11) is 0. The molecule has 2 fully saturated rings. The molecule has 0 aliphatic carbocycles. The highest BCUT2D eigenvalue weighted by molar-refractivity contribution is 5.31. The summed E-state index contributed by atoms with van der Waals surface area (Å²) in [5.41, 5.74) is 1.10. The smallest absolute Gasteiger partial charge is 0.151 e. The van der Waals surface area contributed by atoms with Crippen LogP contribution in [0.5, 0.6) is 0 Å². The predicted molar refractivity (Wildman–Crippen MR) is 79.1 cm³/mol. The first-order chi connectivity index (χ1) is 10.4. The lowest BCUT2D eigenvalue weighted by atomic mass is 9.89. The minimum Gasteiger partial charge on any atom is -0.375 e. The normalized spacial score (nSPS) is 27.3. The molecule has 2 aliphatic heterocycles. The highest BCUT2D eigenvalue weighted by Crippen LogP contribution is 2.38. The Morgan fingerprint density at radius 1 is 1.24 bits per heavy atom. The van der Waals surface area contributed by atoms with Gasteiger partial charge in [0.05, 0.1) is 18.8 Å². The van der Waals surface area contributed by atoms with Crippen molar-refractivity contribution >= 4 is 0 Å². The first-order valence-electron chi connectivity index (χ1n) is 7.70. The van der Waals surface area contributed by atoms with Crippen molar-refractivity contribution in [3.05, 3.63) is 42.5 Å². The van der Waals surface area contributed by atoms with Crippen LogP contribution in [0.4, 0.5) is 0 Å². The zero-order chi connectivity index (χ0) is 14.1. The molecule has 1 aromatic heterocycles. The number of benzene rings is 1. The van der Waals surface area contributed by atoms with Gasteiger partial charge in [-0.1, -0.05) is 18.2 Å². The maximum Gasteiger partial charge on any atom is 0.151 e. The lowest BCUT2D eigenvalue weighted by molar-refractivity contribution is 0.0923. The highest BCUT2D eigenvalue weighted by Gasteiger charge is 2.40. The molecule has 0 radical (unpaired) electrons. The van der Waals surface area contributed by atoms with E-state index in [1.165, 1.54) is 19.3 Å². The van der Waals surface area contributed by atoms with Crippen LogP contribution in [0.2, 0.25) is 0 Å². The molecule has 4 rings (SSSR count). The van der Waals surface area contributed by atoms with Gasteiger partial charge in [-0.3, -0.25) is 4.57 Å². The largest absolute Gasteiger partial charge is 0.375 e. The Kier molecular flexibility index (Phi) is 3.45. The van der Waals surface area contributed by atoms with Gasteiger partial charge in [-0.2, -0.15) is 0 Å². The van der Waals surface area contributed by atoms with Gasteiger partial charge in [0.2, 0.25) is 0 Å². The van der Waals surface area contributed by atoms with Gasteiger partial charge in [0.15, 0.2) is 5.82 Å². The van der Waals surface area contributed by atoms with Crippen LogP contribution < -0.4 is 5.32 Å². The Bertz CT molecular complexity index is 597. The van der Waals surface area contributed by atoms with Crippen LogP contribution in [0.1, 0.15) is 25.1 Å². The molecule has 5 nitrogen and oxygen atoms in total. The topological polar surface area (TPSA) is 52.0 Å². The number of para-hydroxylation sites is 1. The molecule has 1 N–H and O–H groups in total. The van der Waals surface area contributed by atoms with Crippen LogP contribution >= 0.6 is 0 Å². The second-order valence-electron chi connectivity index (χ2n) is 5.95. The van der Waals surface area contributed by atoms with Crippen LogP contribution in [-0.4, -0.2) is 33.5 Å². The summed E-state index contributed by atoms with van der Waals surface area (Å²) in [6.45, 7) is 1.74. The van der Waals surface area contributed by atoms with E-state index in [-0.39, 0.29) is 0 Å². The Hall–Kier alpha value is -1.72. The first-order valence-corrected chi connectivity index (χ1v) is 7.70. The Morgan fingerprint density at radius 3 is 2.90 bits per heavy atom. The van der Waals surface area contributed by atoms with Gasteiger partial charge in [0.25, 0.3) is 0 Å². The zero-order valence-electron chi connectivity index (χ0n) is 12.0. The number of nitrogens with one attached hydrogen (secondary N) is 1. The zero-order valence-corrected chi connectivity index (χ0v) is 12.0. The van der Waals surface area contributed by atoms with Gasteiger partial charge in [0, 0.05) is 18.2 Å². The summed E-state index contributed by atoms with van der Waals surface area (Å²) in [4.78, 5) is 0. The van der Waals surface area contributed by atoms with E-state index in [0.717, 1.165) is 24.6 Å². The first kappa shape index (κ1) is 13.0. The number of fused-ring (bicyclic) bond motifs is 2. The molecule has 2 aromatic rings. The van der Waals surface area contributed by atoms with Crippen molar-refractivity contribution < 1.29 is 4.74 Å². The average Bonchev–Trinajstić information content (AvgIpc) is 3.24. The van der Waals surface area contributed by atoms with E-state index in [1.54, 1.807) is 6.33 Å². The molecular weight excluding hydrogens is 264 g/mol. The van der Waals surface area contributed by atoms with Crippen molar-refractivity contribution in [1.29, 1.82) is 0 Å². The summed E-state index contributed by atoms with van der Waals surface area (Å²) >= 11 is 0. The number of ether oxygens (including phenoxy) is 1. The summed E-state index contributed by atoms with van der Waals surface area (Å²) in [5, 5.41) is 11.8. The van der Waals surface area contributed by atoms with Crippen molar-refractivity contribution in [3.63, 3.8) is 0 Å². The van der Waals surface area contributed by atoms with Crippen molar-refractivity contribution in [2.45, 2.75) is 38.0 Å². The van der Waals surface area contributed by atoms with Crippen LogP contribution in [0.25, 0.3) is 5.69 Å². The van der Waals surface area contributed by atoms with Gasteiger partial charge in [0.1, 0.15) is 6.33 Å². The maximum absolute atomic E-state index is 5.89. The Balaban J connectivity index is 1.37. The second kappa shape index (κ2) is 5.58. The molecule has 0 spiro atoms. The molecule has 21 heavy (non-hydrogen) atoms. The number of nitrogens with zero attached hydrogens (tertiary/aromatic N) is 3. The third kappa shape index (κ3) is 2.59. The Morgan fingerprint density at radius 2 is 2.14 bits per heavy atom. The van der Waals surface area contributed by atoms with Gasteiger partial charge < -0.3 is 10.1 Å². The van der Waals surface area contributed by atoms with Crippen LogP contribution in [-0.2, 0) is 11.3 Å². The summed E-state index contributed by atoms with van der Waals surface area (Å²) < 4.78 is 7.92. The minimum atomic E-state index is 0.481. The molecule has 3 unspecified atom stereocenters. The quantitative estimate of drug-likeness (QED) is 0.911. The van der Waals surface area contributed by atoms with E-state index >= 15 is 0 Å². The molecule has 1 aromatic carbocycles. The van der Waals surface area contributed by atoms with E-state index in [0.29, 0.717) is 18.1 Å². The van der Waals surface area contributed by atoms with Gasteiger partial charge >= 0.3 is 0 Å². The van der Waals surface area contributed by atoms with Crippen LogP contribution in [0.15, 0.2) is 36.7 Å². The van der Waals surface area contributed by atoms with Gasteiger partial charge in [-0.25, -0.2) is 0 Å². The minimum absolute atomic E-state index is 0.481. The molecule has 3 atom stereocenters. The summed E-state index contributed by atoms with van der Waals surface area (Å²) in [6.07, 6.45) is 6.47. The van der Waals surface area contributed by atoms with E-state index in [2.05, 4.69) is 27.6 Å². The molecule has 2 saturated heterocycles. The monoisotopic (exact) mass is 284 g/mol. The third-order valence-electron chi connectivity index (χ3n) is 4.57. The van der Waals surface area contributed by atoms with E-state index < -0.39 is 0 Å². The third-order valence-corrected chi connectivity index (χ3v) is 4.57. The number of hydrogen-bond donors (Lipinski definition) is 1. The van der Waals surface area contributed by atoms with Crippen LogP contribution in [0, 0.1) is 5.92 Å². The molecule has 110 valence electrons. The highest BCUT2D eigenvalue weighted by atomic mass is 16.5. The fraction of sp³-hybridized carbons (Fsp3) is 0.500. The Labute approximate surface area is 124 Å². The number of aromatic nitrogens is 3. The molecular formula is C16H20N4O. The molecule has 2 bridgehead atoms. The fourth-order valence-electron chi connectivity index (χ4n) is 3.51.